The summed E-state index contributed by atoms with van der Waals surface area (Å²) in [5.74, 6) is 3.06. The molecule has 0 amide bonds. The normalized spacial score (nSPS) is 11.3. The van der Waals surface area contributed by atoms with Crippen molar-refractivity contribution in [3.8, 4) is 67.5 Å². The van der Waals surface area contributed by atoms with Gasteiger partial charge in [-0.3, -0.25) is 0 Å². The van der Waals surface area contributed by atoms with Gasteiger partial charge < -0.3 is 35.8 Å². The Morgan fingerprint density at radius 3 is 0.841 bits per heavy atom. The molecule has 0 N–H and O–H groups in total. The molecule has 0 saturated heterocycles. The molecule has 7 aromatic rings. The molecule has 0 spiro atoms. The van der Waals surface area contributed by atoms with Crippen LogP contribution in [0.15, 0.2) is 121 Å². The summed E-state index contributed by atoms with van der Waals surface area (Å²) in [6, 6.07) is 40.3. The second-order valence-electron chi connectivity index (χ2n) is 14.8. The molecule has 5 heterocycles. The van der Waals surface area contributed by atoms with Gasteiger partial charge in [-0.05, 0) is 117 Å². The van der Waals surface area contributed by atoms with E-state index in [0.717, 1.165) is 119 Å². The Kier molecular flexibility index (Phi) is 14.3. The van der Waals surface area contributed by atoms with Crippen LogP contribution in [0.4, 0.5) is 0 Å². The van der Waals surface area contributed by atoms with Crippen molar-refractivity contribution in [2.75, 3.05) is 28.4 Å². The fraction of sp³-hybridized carbons (Fsp3) is 0.167. The smallest absolute Gasteiger partial charge is 0.657 e. The summed E-state index contributed by atoms with van der Waals surface area (Å²) in [5, 5.41) is 0. The van der Waals surface area contributed by atoms with E-state index in [1.54, 1.807) is 28.4 Å². The number of methoxy groups -OCH3 is 4. The first-order valence-electron chi connectivity index (χ1n) is 20.9. The monoisotopic (exact) mass is 876 g/mol. The van der Waals surface area contributed by atoms with Crippen LogP contribution in [0.1, 0.15) is 55.4 Å². The van der Waals surface area contributed by atoms with Crippen LogP contribution >= 0.6 is 0 Å². The fourth-order valence-corrected chi connectivity index (χ4v) is 7.73. The van der Waals surface area contributed by atoms with Gasteiger partial charge in [-0.25, -0.2) is 9.97 Å². The van der Waals surface area contributed by atoms with Crippen molar-refractivity contribution >= 4 is 46.4 Å². The van der Waals surface area contributed by atoms with Gasteiger partial charge in [0, 0.05) is 0 Å². The van der Waals surface area contributed by atoms with E-state index in [1.165, 1.54) is 19.3 Å². The molecule has 0 saturated carbocycles. The van der Waals surface area contributed by atoms with Gasteiger partial charge in [0.2, 0.25) is 0 Å². The molecule has 0 unspecified atom stereocenters. The standard InChI is InChI=1S/C48H36N4O4.C6H13.Co/c1-53-33-13-5-29(6-14-33)45-37-21-23-39(49-37)46(30-7-15-34(54-2)16-8-30)41-25-27-43(51-41)48(32-11-19-36(56-4)20-12-32)44-28-26-42(52-44)47(40-24-22-38(45)50-40)31-9-17-35(55-3)18-10-31;1-3-5-6-4-2;/h5-28H,1-4H3;1,3-6H2,2H3;/q-2;-1;+3. The second-order valence-corrected chi connectivity index (χ2v) is 14.8. The van der Waals surface area contributed by atoms with Crippen LogP contribution in [0.2, 0.25) is 0 Å². The number of hydrogen-bond acceptors (Lipinski definition) is 6. The van der Waals surface area contributed by atoms with E-state index < -0.39 is 0 Å². The first-order chi connectivity index (χ1) is 30.4. The Labute approximate surface area is 379 Å². The van der Waals surface area contributed by atoms with Gasteiger partial charge >= 0.3 is 16.8 Å². The largest absolute Gasteiger partial charge is 3.00 e. The molecule has 0 fully saturated rings. The summed E-state index contributed by atoms with van der Waals surface area (Å²) in [6.45, 7) is 5.93. The molecule has 8 nitrogen and oxygen atoms in total. The van der Waals surface area contributed by atoms with Gasteiger partial charge in [-0.1, -0.05) is 99.0 Å². The Bertz CT molecular complexity index is 2510. The van der Waals surface area contributed by atoms with E-state index in [-0.39, 0.29) is 16.8 Å². The minimum Gasteiger partial charge on any atom is -0.657 e. The number of benzene rings is 4. The van der Waals surface area contributed by atoms with Crippen molar-refractivity contribution in [2.24, 2.45) is 0 Å². The summed E-state index contributed by atoms with van der Waals surface area (Å²) < 4.78 is 22.1. The summed E-state index contributed by atoms with van der Waals surface area (Å²) in [4.78, 5) is 21.4. The van der Waals surface area contributed by atoms with Crippen LogP contribution in [0.5, 0.6) is 23.0 Å². The Balaban J connectivity index is 0.000000796. The van der Waals surface area contributed by atoms with Crippen molar-refractivity contribution in [2.45, 2.75) is 32.6 Å². The van der Waals surface area contributed by atoms with Gasteiger partial charge in [0.05, 0.1) is 51.2 Å². The molecule has 3 aromatic heterocycles. The molecule has 2 aliphatic heterocycles. The predicted octanol–water partition coefficient (Wildman–Crippen LogP) is 13.0. The van der Waals surface area contributed by atoms with Crippen LogP contribution in [-0.2, 0) is 16.8 Å². The van der Waals surface area contributed by atoms with E-state index in [2.05, 4.69) is 62.4 Å². The van der Waals surface area contributed by atoms with Crippen molar-refractivity contribution in [3.05, 3.63) is 151 Å². The van der Waals surface area contributed by atoms with E-state index in [1.807, 2.05) is 97.1 Å². The van der Waals surface area contributed by atoms with Crippen LogP contribution in [0, 0.1) is 6.92 Å². The number of hydrogen-bond donors (Lipinski definition) is 0. The maximum Gasteiger partial charge on any atom is 3.00 e. The van der Waals surface area contributed by atoms with E-state index in [4.69, 9.17) is 38.9 Å². The number of unbranched alkanes of at least 4 members (excludes halogenated alkanes) is 3. The van der Waals surface area contributed by atoms with Crippen LogP contribution in [-0.4, -0.2) is 38.4 Å². The average molecular weight is 877 g/mol. The van der Waals surface area contributed by atoms with Crippen LogP contribution in [0.3, 0.4) is 0 Å². The van der Waals surface area contributed by atoms with Crippen molar-refractivity contribution in [1.29, 1.82) is 0 Å². The average Bonchev–Trinajstić information content (AvgIpc) is 4.18. The third-order valence-corrected chi connectivity index (χ3v) is 11.0. The molecule has 9 rings (SSSR count). The molecule has 2 aliphatic rings. The van der Waals surface area contributed by atoms with Crippen molar-refractivity contribution in [1.82, 2.24) is 19.9 Å². The molecule has 9 heteroatoms. The third-order valence-electron chi connectivity index (χ3n) is 11.0. The molecule has 4 aromatic carbocycles. The maximum absolute atomic E-state index is 5.52. The maximum atomic E-state index is 5.52. The first-order valence-corrected chi connectivity index (χ1v) is 20.9. The zero-order valence-electron chi connectivity index (χ0n) is 36.1. The topological polar surface area (TPSA) is 90.9 Å². The quantitative estimate of drug-likeness (QED) is 0.0937. The van der Waals surface area contributed by atoms with E-state index in [0.29, 0.717) is 0 Å². The summed E-state index contributed by atoms with van der Waals surface area (Å²) in [6.07, 6.45) is 13.3. The number of nitrogens with zero attached hydrogens (tertiary/aromatic N) is 4. The zero-order valence-corrected chi connectivity index (χ0v) is 37.2. The number of ether oxygens (including phenoxy) is 4. The molecule has 0 aliphatic carbocycles. The Morgan fingerprint density at radius 2 is 0.651 bits per heavy atom. The van der Waals surface area contributed by atoms with Crippen molar-refractivity contribution < 1.29 is 35.7 Å². The van der Waals surface area contributed by atoms with Gasteiger partial charge in [-0.2, -0.15) is 6.42 Å². The third kappa shape index (κ3) is 9.50. The predicted molar refractivity (Wildman–Crippen MR) is 254 cm³/mol. The molecule has 0 atom stereocenters. The molecular weight excluding hydrogens is 828 g/mol. The zero-order chi connectivity index (χ0) is 43.0. The number of rotatable bonds is 11. The summed E-state index contributed by atoms with van der Waals surface area (Å²) in [5.41, 5.74) is 13.7. The summed E-state index contributed by atoms with van der Waals surface area (Å²) >= 11 is 0. The minimum absolute atomic E-state index is 0. The fourth-order valence-electron chi connectivity index (χ4n) is 7.73. The van der Waals surface area contributed by atoms with Gasteiger partial charge in [0.25, 0.3) is 0 Å². The molecule has 318 valence electrons. The Morgan fingerprint density at radius 1 is 0.397 bits per heavy atom. The minimum atomic E-state index is 0. The molecular formula is C54H49CoN4O4. The van der Waals surface area contributed by atoms with E-state index in [9.17, 15) is 0 Å². The SMILES string of the molecule is COc1ccc(-c2c3nc(c(-c4ccc(OC)cc4)c4ccc([n-]4)c(-c4ccc(OC)cc4)c4nc(c(-c5ccc(OC)cc5)c5ccc2[n-]5)C=C4)C=C3)cc1.[CH2-]CCCCC.[Co+3]. The van der Waals surface area contributed by atoms with Crippen LogP contribution in [0.25, 0.3) is 90.9 Å². The van der Waals surface area contributed by atoms with Crippen molar-refractivity contribution in [3.63, 3.8) is 0 Å². The first kappa shape index (κ1) is 44.2. The molecule has 63 heavy (non-hydrogen) atoms. The Hall–Kier alpha value is -6.81. The van der Waals surface area contributed by atoms with Crippen LogP contribution < -0.4 is 28.9 Å². The number of fused-ring (bicyclic) bond motifs is 8. The van der Waals surface area contributed by atoms with Gasteiger partial charge in [0.15, 0.2) is 0 Å². The summed E-state index contributed by atoms with van der Waals surface area (Å²) in [7, 11) is 6.67. The number of aromatic nitrogens is 4. The molecule has 8 bridgehead atoms. The van der Waals surface area contributed by atoms with Gasteiger partial charge in [0.1, 0.15) is 23.0 Å². The van der Waals surface area contributed by atoms with Gasteiger partial charge in [-0.15, -0.1) is 22.1 Å². The molecule has 0 radical (unpaired) electrons. The van der Waals surface area contributed by atoms with E-state index >= 15 is 0 Å². The second kappa shape index (κ2) is 20.4.